The van der Waals surface area contributed by atoms with E-state index in [0.717, 1.165) is 5.03 Å². The van der Waals surface area contributed by atoms with Crippen LogP contribution in [0.4, 0.5) is 0 Å². The lowest BCUT2D eigenvalue weighted by atomic mass is 10.2. The fraction of sp³-hybridized carbons (Fsp3) is 0.400. The molecule has 0 saturated carbocycles. The summed E-state index contributed by atoms with van der Waals surface area (Å²) in [6.45, 7) is 6.51. The number of hydrogen-bond donors (Lipinski definition) is 0. The van der Waals surface area contributed by atoms with Gasteiger partial charge in [0.2, 0.25) is 5.88 Å². The molecule has 0 bridgehead atoms. The first-order valence-electron chi connectivity index (χ1n) is 7.43. The lowest BCUT2D eigenvalue weighted by Gasteiger charge is -2.19. The van der Waals surface area contributed by atoms with E-state index in [-0.39, 0.29) is 0 Å². The number of hydrogen-bond acceptors (Lipinski definition) is 7. The third-order valence-electron chi connectivity index (χ3n) is 3.69. The van der Waals surface area contributed by atoms with Crippen molar-refractivity contribution in [3.63, 3.8) is 0 Å². The topological polar surface area (TPSA) is 78.1 Å². The Morgan fingerprint density at radius 2 is 2.00 bits per heavy atom. The van der Waals surface area contributed by atoms with Gasteiger partial charge in [-0.3, -0.25) is 0 Å². The van der Waals surface area contributed by atoms with Crippen molar-refractivity contribution in [3.05, 3.63) is 23.9 Å². The maximum absolute atomic E-state index is 6.32. The zero-order valence-corrected chi connectivity index (χ0v) is 15.3. The summed E-state index contributed by atoms with van der Waals surface area (Å²) >= 11 is 7.99. The molecule has 0 aromatic carbocycles. The second-order valence-electron chi connectivity index (χ2n) is 5.56. The van der Waals surface area contributed by atoms with Crippen molar-refractivity contribution >= 4 is 29.1 Å². The van der Waals surface area contributed by atoms with Gasteiger partial charge in [-0.25, -0.2) is 9.97 Å². The fourth-order valence-electron chi connectivity index (χ4n) is 2.07. The van der Waals surface area contributed by atoms with Crippen LogP contribution in [0.15, 0.2) is 23.9 Å². The molecule has 0 saturated heterocycles. The molecule has 7 nitrogen and oxygen atoms in total. The summed E-state index contributed by atoms with van der Waals surface area (Å²) in [7, 11) is 1.56. The normalized spacial score (nSPS) is 12.8. The van der Waals surface area contributed by atoms with Gasteiger partial charge in [-0.15, -0.1) is 11.8 Å². The van der Waals surface area contributed by atoms with Crippen molar-refractivity contribution in [2.24, 2.45) is 5.92 Å². The molecule has 0 radical (unpaired) electrons. The largest absolute Gasteiger partial charge is 0.480 e. The Bertz CT molecular complexity index is 868. The summed E-state index contributed by atoms with van der Waals surface area (Å²) in [6, 6.07) is 0. The van der Waals surface area contributed by atoms with Crippen LogP contribution in [-0.2, 0) is 0 Å². The van der Waals surface area contributed by atoms with Gasteiger partial charge in [0.15, 0.2) is 0 Å². The Kier molecular flexibility index (Phi) is 4.86. The highest BCUT2D eigenvalue weighted by Gasteiger charge is 2.24. The Morgan fingerprint density at radius 3 is 2.67 bits per heavy atom. The van der Waals surface area contributed by atoms with Crippen LogP contribution in [0, 0.1) is 5.92 Å². The zero-order chi connectivity index (χ0) is 17.3. The SMILES string of the molecule is COc1nc2ncnn2c(SC(C)C(C)C)c1-c1ncncc1Cl. The lowest BCUT2D eigenvalue weighted by molar-refractivity contribution is 0.397. The van der Waals surface area contributed by atoms with E-state index in [1.54, 1.807) is 29.6 Å². The summed E-state index contributed by atoms with van der Waals surface area (Å²) < 4.78 is 7.18. The van der Waals surface area contributed by atoms with Crippen LogP contribution >= 0.6 is 23.4 Å². The van der Waals surface area contributed by atoms with Gasteiger partial charge in [-0.05, 0) is 5.92 Å². The molecule has 0 aliphatic carbocycles. The van der Waals surface area contributed by atoms with Gasteiger partial charge in [0, 0.05) is 11.4 Å². The number of ether oxygens (including phenoxy) is 1. The van der Waals surface area contributed by atoms with E-state index in [9.17, 15) is 0 Å². The first kappa shape index (κ1) is 16.9. The van der Waals surface area contributed by atoms with Crippen LogP contribution in [0.5, 0.6) is 5.88 Å². The number of methoxy groups -OCH3 is 1. The molecule has 3 aromatic heterocycles. The minimum Gasteiger partial charge on any atom is -0.480 e. The highest BCUT2D eigenvalue weighted by molar-refractivity contribution is 8.00. The van der Waals surface area contributed by atoms with Crippen molar-refractivity contribution in [3.8, 4) is 17.1 Å². The molecular formula is C15H17ClN6OS. The summed E-state index contributed by atoms with van der Waals surface area (Å²) in [4.78, 5) is 16.9. The summed E-state index contributed by atoms with van der Waals surface area (Å²) in [5, 5.41) is 5.91. The van der Waals surface area contributed by atoms with Crippen molar-refractivity contribution in [1.29, 1.82) is 0 Å². The van der Waals surface area contributed by atoms with E-state index in [2.05, 4.69) is 45.8 Å². The molecule has 3 rings (SSSR count). The third-order valence-corrected chi connectivity index (χ3v) is 5.48. The predicted molar refractivity (Wildman–Crippen MR) is 93.5 cm³/mol. The molecule has 24 heavy (non-hydrogen) atoms. The first-order valence-corrected chi connectivity index (χ1v) is 8.69. The van der Waals surface area contributed by atoms with E-state index in [4.69, 9.17) is 16.3 Å². The quantitative estimate of drug-likeness (QED) is 0.507. The minimum absolute atomic E-state index is 0.337. The molecule has 0 amide bonds. The lowest BCUT2D eigenvalue weighted by Crippen LogP contribution is -2.10. The van der Waals surface area contributed by atoms with Gasteiger partial charge in [-0.2, -0.15) is 19.6 Å². The number of fused-ring (bicyclic) bond motifs is 1. The number of halogens is 1. The number of rotatable bonds is 5. The first-order chi connectivity index (χ1) is 11.5. The monoisotopic (exact) mass is 364 g/mol. The maximum atomic E-state index is 6.32. The van der Waals surface area contributed by atoms with Gasteiger partial charge in [0.1, 0.15) is 23.4 Å². The molecule has 126 valence electrons. The Labute approximate surface area is 148 Å². The van der Waals surface area contributed by atoms with Gasteiger partial charge < -0.3 is 4.74 Å². The van der Waals surface area contributed by atoms with Crippen LogP contribution in [0.25, 0.3) is 17.0 Å². The average Bonchev–Trinajstić information content (AvgIpc) is 3.03. The van der Waals surface area contributed by atoms with Crippen molar-refractivity contribution in [2.45, 2.75) is 31.0 Å². The van der Waals surface area contributed by atoms with E-state index in [1.165, 1.54) is 12.7 Å². The van der Waals surface area contributed by atoms with Crippen LogP contribution < -0.4 is 4.74 Å². The molecule has 0 fully saturated rings. The maximum Gasteiger partial charge on any atom is 0.256 e. The van der Waals surface area contributed by atoms with Gasteiger partial charge >= 0.3 is 0 Å². The van der Waals surface area contributed by atoms with Gasteiger partial charge in [-0.1, -0.05) is 32.4 Å². The van der Waals surface area contributed by atoms with Crippen molar-refractivity contribution < 1.29 is 4.74 Å². The van der Waals surface area contributed by atoms with Gasteiger partial charge in [0.05, 0.1) is 17.7 Å². The molecule has 0 spiro atoms. The second kappa shape index (κ2) is 6.90. The Balaban J connectivity index is 2.30. The molecule has 0 aliphatic heterocycles. The standard InChI is InChI=1S/C15H17ClN6OS/c1-8(2)9(3)24-14-11(12-10(16)5-17-6-18-12)13(23-4)21-15-19-7-20-22(14)15/h5-9H,1-4H3. The van der Waals surface area contributed by atoms with Crippen molar-refractivity contribution in [1.82, 2.24) is 29.5 Å². The smallest absolute Gasteiger partial charge is 0.256 e. The predicted octanol–water partition coefficient (Wildman–Crippen LogP) is 3.38. The van der Waals surface area contributed by atoms with Crippen LogP contribution in [0.2, 0.25) is 5.02 Å². The van der Waals surface area contributed by atoms with Crippen molar-refractivity contribution in [2.75, 3.05) is 7.11 Å². The molecular weight excluding hydrogens is 348 g/mol. The Morgan fingerprint density at radius 1 is 1.21 bits per heavy atom. The number of aromatic nitrogens is 6. The summed E-state index contributed by atoms with van der Waals surface area (Å²) in [5.41, 5.74) is 1.26. The number of nitrogens with zero attached hydrogens (tertiary/aromatic N) is 6. The molecule has 1 atom stereocenters. The zero-order valence-electron chi connectivity index (χ0n) is 13.8. The number of thioether (sulfide) groups is 1. The van der Waals surface area contributed by atoms with Gasteiger partial charge in [0.25, 0.3) is 5.78 Å². The molecule has 0 N–H and O–H groups in total. The van der Waals surface area contributed by atoms with E-state index < -0.39 is 0 Å². The fourth-order valence-corrected chi connectivity index (χ4v) is 3.42. The van der Waals surface area contributed by atoms with E-state index in [1.807, 2.05) is 0 Å². The highest BCUT2D eigenvalue weighted by Crippen LogP contribution is 2.41. The van der Waals surface area contributed by atoms with E-state index in [0.29, 0.717) is 39.1 Å². The highest BCUT2D eigenvalue weighted by atomic mass is 35.5. The minimum atomic E-state index is 0.337. The van der Waals surface area contributed by atoms with Crippen LogP contribution in [-0.4, -0.2) is 41.9 Å². The second-order valence-corrected chi connectivity index (χ2v) is 7.33. The summed E-state index contributed by atoms with van der Waals surface area (Å²) in [6.07, 6.45) is 4.47. The molecule has 1 unspecified atom stereocenters. The molecule has 3 aromatic rings. The Hall–Kier alpha value is -1.93. The van der Waals surface area contributed by atoms with Crippen LogP contribution in [0.1, 0.15) is 20.8 Å². The summed E-state index contributed by atoms with van der Waals surface area (Å²) in [5.74, 6) is 1.36. The molecule has 9 heteroatoms. The third kappa shape index (κ3) is 3.03. The average molecular weight is 365 g/mol. The van der Waals surface area contributed by atoms with E-state index >= 15 is 0 Å². The molecule has 3 heterocycles. The molecule has 0 aliphatic rings. The van der Waals surface area contributed by atoms with Crippen LogP contribution in [0.3, 0.4) is 0 Å².